The third-order valence-corrected chi connectivity index (χ3v) is 8.05. The summed E-state index contributed by atoms with van der Waals surface area (Å²) in [5.41, 5.74) is 0.0695. The van der Waals surface area contributed by atoms with Crippen LogP contribution in [0.1, 0.15) is 13.8 Å². The smallest absolute Gasteiger partial charge is 0.263 e. The lowest BCUT2D eigenvalue weighted by atomic mass is 10.3. The summed E-state index contributed by atoms with van der Waals surface area (Å²) in [6.07, 6.45) is 0. The van der Waals surface area contributed by atoms with Gasteiger partial charge in [-0.15, -0.1) is 0 Å². The van der Waals surface area contributed by atoms with E-state index in [0.717, 1.165) is 0 Å². The highest BCUT2D eigenvalue weighted by atomic mass is 35.5. The van der Waals surface area contributed by atoms with Crippen LogP contribution in [0.25, 0.3) is 0 Å². The number of halogens is 2. The molecule has 0 fully saturated rings. The maximum atomic E-state index is 12.7. The molecule has 2 rings (SSSR count). The molecule has 6 nitrogen and oxygen atoms in total. The van der Waals surface area contributed by atoms with E-state index in [4.69, 9.17) is 23.2 Å². The third kappa shape index (κ3) is 4.32. The number of hydrogen-bond donors (Lipinski definition) is 1. The Morgan fingerprint density at radius 2 is 1.46 bits per heavy atom. The van der Waals surface area contributed by atoms with E-state index in [1.54, 1.807) is 26.0 Å². The first-order valence-electron chi connectivity index (χ1n) is 7.70. The minimum absolute atomic E-state index is 0.0117. The van der Waals surface area contributed by atoms with Gasteiger partial charge in [0.1, 0.15) is 9.79 Å². The first kappa shape index (κ1) is 21.0. The molecule has 0 amide bonds. The summed E-state index contributed by atoms with van der Waals surface area (Å²) in [6, 6.07) is 9.88. The Balaban J connectivity index is 2.47. The van der Waals surface area contributed by atoms with Crippen molar-refractivity contribution in [2.45, 2.75) is 23.6 Å². The first-order valence-corrected chi connectivity index (χ1v) is 11.4. The zero-order valence-electron chi connectivity index (χ0n) is 14.1. The second-order valence-electron chi connectivity index (χ2n) is 5.27. The molecule has 2 aromatic carbocycles. The van der Waals surface area contributed by atoms with Gasteiger partial charge in [0.05, 0.1) is 15.7 Å². The van der Waals surface area contributed by atoms with Gasteiger partial charge in [-0.2, -0.15) is 4.31 Å². The van der Waals surface area contributed by atoms with Crippen molar-refractivity contribution in [3.05, 3.63) is 52.5 Å². The number of rotatable bonds is 7. The molecular formula is C16H18Cl2N2O4S2. The molecule has 0 bridgehead atoms. The van der Waals surface area contributed by atoms with Gasteiger partial charge in [0, 0.05) is 13.1 Å². The van der Waals surface area contributed by atoms with Crippen molar-refractivity contribution >= 4 is 48.9 Å². The molecule has 10 heteroatoms. The molecule has 0 aliphatic heterocycles. The Hall–Kier alpha value is -1.32. The Morgan fingerprint density at radius 3 is 2.04 bits per heavy atom. The van der Waals surface area contributed by atoms with Gasteiger partial charge in [-0.05, 0) is 30.3 Å². The number of sulfonamides is 2. The van der Waals surface area contributed by atoms with E-state index < -0.39 is 20.0 Å². The number of nitrogens with one attached hydrogen (secondary N) is 1. The van der Waals surface area contributed by atoms with E-state index in [2.05, 4.69) is 4.72 Å². The molecule has 142 valence electrons. The van der Waals surface area contributed by atoms with Crippen molar-refractivity contribution in [3.63, 3.8) is 0 Å². The van der Waals surface area contributed by atoms with Crippen LogP contribution < -0.4 is 4.72 Å². The van der Waals surface area contributed by atoms with Crippen molar-refractivity contribution in [1.29, 1.82) is 0 Å². The van der Waals surface area contributed by atoms with E-state index in [1.807, 2.05) is 0 Å². The maximum absolute atomic E-state index is 12.7. The molecule has 0 saturated heterocycles. The molecule has 0 aliphatic rings. The summed E-state index contributed by atoms with van der Waals surface area (Å²) >= 11 is 12.0. The molecule has 0 aliphatic carbocycles. The van der Waals surface area contributed by atoms with E-state index in [9.17, 15) is 16.8 Å². The van der Waals surface area contributed by atoms with Gasteiger partial charge in [0.2, 0.25) is 10.0 Å². The van der Waals surface area contributed by atoms with Gasteiger partial charge in [-0.1, -0.05) is 49.2 Å². The van der Waals surface area contributed by atoms with Crippen molar-refractivity contribution in [1.82, 2.24) is 4.31 Å². The van der Waals surface area contributed by atoms with Crippen molar-refractivity contribution in [2.75, 3.05) is 17.8 Å². The monoisotopic (exact) mass is 436 g/mol. The molecule has 2 aromatic rings. The van der Waals surface area contributed by atoms with Crippen LogP contribution in [0.5, 0.6) is 0 Å². The number of nitrogens with zero attached hydrogens (tertiary/aromatic N) is 1. The largest absolute Gasteiger partial charge is 0.280 e. The van der Waals surface area contributed by atoms with Crippen LogP contribution in [0, 0.1) is 0 Å². The van der Waals surface area contributed by atoms with Crippen LogP contribution in [-0.4, -0.2) is 34.2 Å². The molecule has 0 spiro atoms. The van der Waals surface area contributed by atoms with Crippen LogP contribution in [0.2, 0.25) is 10.0 Å². The molecule has 1 N–H and O–H groups in total. The van der Waals surface area contributed by atoms with E-state index >= 15 is 0 Å². The van der Waals surface area contributed by atoms with Crippen molar-refractivity contribution in [3.8, 4) is 0 Å². The first-order chi connectivity index (χ1) is 12.1. The van der Waals surface area contributed by atoms with E-state index in [-0.39, 0.29) is 38.6 Å². The predicted octanol–water partition coefficient (Wildman–Crippen LogP) is 3.82. The maximum Gasteiger partial charge on any atom is 0.263 e. The summed E-state index contributed by atoms with van der Waals surface area (Å²) in [6.45, 7) is 3.95. The number of benzene rings is 2. The fourth-order valence-corrected chi connectivity index (χ4v) is 5.87. The average molecular weight is 437 g/mol. The summed E-state index contributed by atoms with van der Waals surface area (Å²) in [5.74, 6) is 0. The lowest BCUT2D eigenvalue weighted by Crippen LogP contribution is -2.30. The van der Waals surface area contributed by atoms with Crippen LogP contribution in [-0.2, 0) is 20.0 Å². The topological polar surface area (TPSA) is 83.6 Å². The highest BCUT2D eigenvalue weighted by molar-refractivity contribution is 7.93. The van der Waals surface area contributed by atoms with Gasteiger partial charge >= 0.3 is 0 Å². The van der Waals surface area contributed by atoms with E-state index in [0.29, 0.717) is 0 Å². The molecule has 0 aromatic heterocycles. The van der Waals surface area contributed by atoms with Gasteiger partial charge in [0.15, 0.2) is 0 Å². The average Bonchev–Trinajstić information content (AvgIpc) is 2.57. The standard InChI is InChI=1S/C16H18Cl2N2O4S2/c1-3-20(4-2)26(23,24)16-11-12(9-10-14(16)18)19-25(21,22)15-8-6-5-7-13(15)17/h5-11,19H,3-4H2,1-2H3. The second-order valence-corrected chi connectivity index (χ2v) is 9.64. The van der Waals surface area contributed by atoms with Gasteiger partial charge < -0.3 is 0 Å². The number of anilines is 1. The van der Waals surface area contributed by atoms with Crippen LogP contribution >= 0.6 is 23.2 Å². The van der Waals surface area contributed by atoms with Gasteiger partial charge in [0.25, 0.3) is 10.0 Å². The SMILES string of the molecule is CCN(CC)S(=O)(=O)c1cc(NS(=O)(=O)c2ccccc2Cl)ccc1Cl. The van der Waals surface area contributed by atoms with Gasteiger partial charge in [-0.3, -0.25) is 4.72 Å². The highest BCUT2D eigenvalue weighted by Crippen LogP contribution is 2.29. The Morgan fingerprint density at radius 1 is 0.885 bits per heavy atom. The lowest BCUT2D eigenvalue weighted by molar-refractivity contribution is 0.445. The number of hydrogen-bond acceptors (Lipinski definition) is 4. The van der Waals surface area contributed by atoms with Crippen molar-refractivity contribution in [2.24, 2.45) is 0 Å². The Kier molecular flexibility index (Phi) is 6.57. The third-order valence-electron chi connectivity index (χ3n) is 3.63. The molecule has 0 unspecified atom stereocenters. The summed E-state index contributed by atoms with van der Waals surface area (Å²) in [4.78, 5) is -0.271. The minimum Gasteiger partial charge on any atom is -0.280 e. The van der Waals surface area contributed by atoms with Gasteiger partial charge in [-0.25, -0.2) is 16.8 Å². The second kappa shape index (κ2) is 8.14. The summed E-state index contributed by atoms with van der Waals surface area (Å²) < 4.78 is 54.0. The van der Waals surface area contributed by atoms with Crippen LogP contribution in [0.3, 0.4) is 0 Å². The van der Waals surface area contributed by atoms with Crippen LogP contribution in [0.15, 0.2) is 52.3 Å². The highest BCUT2D eigenvalue weighted by Gasteiger charge is 2.26. The quantitative estimate of drug-likeness (QED) is 0.714. The summed E-state index contributed by atoms with van der Waals surface area (Å²) in [5, 5.41) is 0.0718. The molecule has 0 radical (unpaired) electrons. The molecule has 0 atom stereocenters. The molecular weight excluding hydrogens is 419 g/mol. The zero-order chi connectivity index (χ0) is 19.5. The fourth-order valence-electron chi connectivity index (χ4n) is 2.34. The van der Waals surface area contributed by atoms with Crippen LogP contribution in [0.4, 0.5) is 5.69 Å². The molecule has 0 heterocycles. The predicted molar refractivity (Wildman–Crippen MR) is 104 cm³/mol. The minimum atomic E-state index is -3.98. The fraction of sp³-hybridized carbons (Fsp3) is 0.250. The normalized spacial score (nSPS) is 12.3. The molecule has 0 saturated carbocycles. The Bertz CT molecular complexity index is 1000. The Labute approximate surface area is 163 Å². The van der Waals surface area contributed by atoms with Crippen molar-refractivity contribution < 1.29 is 16.8 Å². The zero-order valence-corrected chi connectivity index (χ0v) is 17.3. The lowest BCUT2D eigenvalue weighted by Gasteiger charge is -2.20. The molecule has 26 heavy (non-hydrogen) atoms. The summed E-state index contributed by atoms with van der Waals surface area (Å²) in [7, 11) is -7.83. The van der Waals surface area contributed by atoms with E-state index in [1.165, 1.54) is 34.6 Å².